The largest absolute Gasteiger partial charge is 0.496 e. The minimum Gasteiger partial charge on any atom is -0.496 e. The van der Waals surface area contributed by atoms with Gasteiger partial charge in [-0.3, -0.25) is 19.1 Å². The molecule has 3 saturated carbocycles. The summed E-state index contributed by atoms with van der Waals surface area (Å²) in [7, 11) is -2.28. The van der Waals surface area contributed by atoms with Gasteiger partial charge < -0.3 is 39.4 Å². The fourth-order valence-electron chi connectivity index (χ4n) is 9.78. The molecule has 0 radical (unpaired) electrons. The van der Waals surface area contributed by atoms with Gasteiger partial charge in [0.2, 0.25) is 27.7 Å². The maximum Gasteiger partial charge on any atom is 0.318 e. The maximum absolute atomic E-state index is 15.0. The Balaban J connectivity index is 1.16. The number of sulfonamides is 1. The number of urea groups is 1. The molecule has 1 aromatic heterocycles. The Labute approximate surface area is 351 Å². The highest BCUT2D eigenvalue weighted by Crippen LogP contribution is 2.46. The summed E-state index contributed by atoms with van der Waals surface area (Å²) in [5.41, 5.74) is -0.484. The average molecular weight is 851 g/mol. The van der Waals surface area contributed by atoms with Gasteiger partial charge in [-0.2, -0.15) is 0 Å². The topological polar surface area (TPSA) is 195 Å². The molecule has 0 unspecified atom stereocenters. The van der Waals surface area contributed by atoms with E-state index in [1.54, 1.807) is 18.1 Å². The minimum absolute atomic E-state index is 0.00408. The number of amides is 5. The average Bonchev–Trinajstić information content (AvgIpc) is 4.08. The lowest BCUT2D eigenvalue weighted by molar-refractivity contribution is -0.142. The summed E-state index contributed by atoms with van der Waals surface area (Å²) in [6.07, 6.45) is 8.42. The van der Waals surface area contributed by atoms with Crippen LogP contribution in [0, 0.1) is 11.8 Å². The highest BCUT2D eigenvalue weighted by molar-refractivity contribution is 7.91. The van der Waals surface area contributed by atoms with Crippen molar-refractivity contribution in [3.63, 3.8) is 0 Å². The first-order valence-electron chi connectivity index (χ1n) is 21.6. The normalized spacial score (nSPS) is 29.7. The predicted molar refractivity (Wildman–Crippen MR) is 221 cm³/mol. The van der Waals surface area contributed by atoms with Crippen molar-refractivity contribution in [2.75, 3.05) is 40.0 Å². The van der Waals surface area contributed by atoms with Crippen molar-refractivity contribution in [2.24, 2.45) is 11.8 Å². The second-order valence-electron chi connectivity index (χ2n) is 17.4. The molecule has 7 aliphatic rings. The smallest absolute Gasteiger partial charge is 0.318 e. The van der Waals surface area contributed by atoms with Crippen molar-refractivity contribution in [1.29, 1.82) is 0 Å². The van der Waals surface area contributed by atoms with Crippen molar-refractivity contribution >= 4 is 44.7 Å². The lowest BCUT2D eigenvalue weighted by atomic mass is 9.87. The van der Waals surface area contributed by atoms with E-state index >= 15 is 4.79 Å². The zero-order valence-corrected chi connectivity index (χ0v) is 35.7. The van der Waals surface area contributed by atoms with Gasteiger partial charge in [-0.1, -0.05) is 25.3 Å². The van der Waals surface area contributed by atoms with Gasteiger partial charge in [-0.05, 0) is 82.8 Å². The number of benzene rings is 1. The van der Waals surface area contributed by atoms with E-state index in [2.05, 4.69) is 21.9 Å². The van der Waals surface area contributed by atoms with Gasteiger partial charge in [-0.15, -0.1) is 6.58 Å². The zero-order valence-electron chi connectivity index (χ0n) is 34.8. The molecule has 2 aromatic rings. The molecule has 1 aromatic carbocycles. The SMILES string of the molecule is C=C[C@@H]1C[C@]1(NC(=O)[C@@H]1C[C@@H]2CN1C(=O)[C@H](C1CCCC1)NC(=O)N1CC(OCC)(CCCCc3cc4c(cc(OCC)nc4cc3OC)O2)C1)C(=O)NS(=O)(=O)C1CC1. The van der Waals surface area contributed by atoms with Crippen molar-refractivity contribution in [3.05, 3.63) is 36.4 Å². The number of fused-ring (bicyclic) bond motifs is 6. The molecule has 6 bridgehead atoms. The summed E-state index contributed by atoms with van der Waals surface area (Å²) in [5, 5.41) is 6.04. The van der Waals surface area contributed by atoms with Gasteiger partial charge in [0, 0.05) is 36.5 Å². The van der Waals surface area contributed by atoms with E-state index in [1.807, 2.05) is 26.0 Å². The Hall–Kier alpha value is -4.64. The number of pyridine rings is 1. The van der Waals surface area contributed by atoms with Crippen LogP contribution < -0.4 is 29.6 Å². The van der Waals surface area contributed by atoms with Crippen LogP contribution in [0.4, 0.5) is 4.79 Å². The molecule has 2 saturated heterocycles. The standard InChI is InChI=1S/C43H58N6O10S/c1-5-28-22-43(28,40(52)47-60(54,55)30-15-16-30)46-38(50)33-19-29-23-49(33)39(51)37(26-12-8-9-13-26)45-41(53)48-24-42(25-48,58-7-3)17-11-10-14-27-18-31-32(20-34(27)56-4)44-36(57-6-2)21-35(31)59-29/h5,18,20-21,26,28-30,33,37H,1,6-17,19,22-25H2,2-4H3,(H,45,53)(H,46,50)(H,47,52)/t28-,29-,33+,37+,43-/m1/s1. The summed E-state index contributed by atoms with van der Waals surface area (Å²) in [6, 6.07) is 3.22. The van der Waals surface area contributed by atoms with Crippen molar-refractivity contribution in [1.82, 2.24) is 30.1 Å². The van der Waals surface area contributed by atoms with Crippen molar-refractivity contribution < 1.29 is 46.5 Å². The number of ether oxygens (including phenoxy) is 4. The van der Waals surface area contributed by atoms with Gasteiger partial charge in [0.25, 0.3) is 5.91 Å². The molecule has 5 fully saturated rings. The molecule has 3 N–H and O–H groups in total. The van der Waals surface area contributed by atoms with E-state index in [1.165, 1.54) is 11.0 Å². The third-order valence-electron chi connectivity index (χ3n) is 13.3. The van der Waals surface area contributed by atoms with Crippen LogP contribution in [0.25, 0.3) is 10.9 Å². The van der Waals surface area contributed by atoms with Gasteiger partial charge in [0.1, 0.15) is 40.8 Å². The molecule has 3 aliphatic carbocycles. The number of aromatic nitrogens is 1. The van der Waals surface area contributed by atoms with E-state index < -0.39 is 68.2 Å². The molecule has 16 nitrogen and oxygen atoms in total. The van der Waals surface area contributed by atoms with E-state index in [0.29, 0.717) is 73.8 Å². The molecule has 0 spiro atoms. The van der Waals surface area contributed by atoms with Crippen LogP contribution in [0.3, 0.4) is 0 Å². The first-order chi connectivity index (χ1) is 28.8. The minimum atomic E-state index is -3.91. The Morgan fingerprint density at radius 1 is 1.07 bits per heavy atom. The number of carbonyl (C=O) groups excluding carboxylic acids is 4. The first kappa shape index (κ1) is 42.1. The predicted octanol–water partition coefficient (Wildman–Crippen LogP) is 3.75. The van der Waals surface area contributed by atoms with Gasteiger partial charge >= 0.3 is 6.03 Å². The Morgan fingerprint density at radius 3 is 2.50 bits per heavy atom. The van der Waals surface area contributed by atoms with Crippen molar-refractivity contribution in [2.45, 2.75) is 125 Å². The lowest BCUT2D eigenvalue weighted by Gasteiger charge is -2.50. The number of aryl methyl sites for hydroxylation is 1. The molecule has 5 amide bonds. The Bertz CT molecular complexity index is 2130. The van der Waals surface area contributed by atoms with Crippen LogP contribution in [-0.2, 0) is 35.6 Å². The van der Waals surface area contributed by atoms with Crippen LogP contribution in [-0.4, -0.2) is 121 Å². The molecular formula is C43H58N6O10S. The summed E-state index contributed by atoms with van der Waals surface area (Å²) in [6.45, 7) is 9.29. The van der Waals surface area contributed by atoms with E-state index in [-0.39, 0.29) is 31.3 Å². The zero-order chi connectivity index (χ0) is 42.4. The quantitative estimate of drug-likeness (QED) is 0.264. The summed E-state index contributed by atoms with van der Waals surface area (Å²) < 4.78 is 52.7. The van der Waals surface area contributed by atoms with Gasteiger partial charge in [-0.25, -0.2) is 18.2 Å². The van der Waals surface area contributed by atoms with Crippen LogP contribution in [0.5, 0.6) is 17.4 Å². The van der Waals surface area contributed by atoms with E-state index in [0.717, 1.165) is 50.5 Å². The van der Waals surface area contributed by atoms with Gasteiger partial charge in [0.05, 0.1) is 44.1 Å². The molecule has 326 valence electrons. The molecule has 5 heterocycles. The highest BCUT2D eigenvalue weighted by Gasteiger charge is 2.62. The third kappa shape index (κ3) is 8.23. The Morgan fingerprint density at radius 2 is 1.83 bits per heavy atom. The molecule has 5 atom stereocenters. The molecule has 9 rings (SSSR count). The van der Waals surface area contributed by atoms with Crippen LogP contribution >= 0.6 is 0 Å². The monoisotopic (exact) mass is 850 g/mol. The van der Waals surface area contributed by atoms with Crippen LogP contribution in [0.2, 0.25) is 0 Å². The number of nitrogens with one attached hydrogen (secondary N) is 3. The van der Waals surface area contributed by atoms with E-state index in [4.69, 9.17) is 23.9 Å². The Kier molecular flexibility index (Phi) is 11.7. The first-order valence-corrected chi connectivity index (χ1v) is 23.2. The fourth-order valence-corrected chi connectivity index (χ4v) is 11.1. The molecule has 17 heteroatoms. The number of hydrogen-bond donors (Lipinski definition) is 3. The number of nitrogens with zero attached hydrogens (tertiary/aromatic N) is 3. The van der Waals surface area contributed by atoms with Gasteiger partial charge in [0.15, 0.2) is 0 Å². The molecule has 60 heavy (non-hydrogen) atoms. The lowest BCUT2D eigenvalue weighted by Crippen LogP contribution is -2.68. The number of rotatable bonds is 12. The fraction of sp³-hybridized carbons (Fsp3) is 0.651. The van der Waals surface area contributed by atoms with Crippen LogP contribution in [0.15, 0.2) is 30.9 Å². The summed E-state index contributed by atoms with van der Waals surface area (Å²) in [4.78, 5) is 65.3. The second-order valence-corrected chi connectivity index (χ2v) is 19.3. The number of hydrogen-bond acceptors (Lipinski definition) is 11. The van der Waals surface area contributed by atoms with Crippen molar-refractivity contribution in [3.8, 4) is 17.4 Å². The van der Waals surface area contributed by atoms with Crippen LogP contribution in [0.1, 0.15) is 90.0 Å². The second kappa shape index (κ2) is 16.7. The summed E-state index contributed by atoms with van der Waals surface area (Å²) in [5.74, 6) is -1.05. The third-order valence-corrected chi connectivity index (χ3v) is 15.1. The van der Waals surface area contributed by atoms with E-state index in [9.17, 15) is 22.8 Å². The number of carbonyl (C=O) groups is 4. The molecule has 4 aliphatic heterocycles. The maximum atomic E-state index is 15.0. The number of methoxy groups -OCH3 is 1. The molecular weight excluding hydrogens is 793 g/mol. The summed E-state index contributed by atoms with van der Waals surface area (Å²) >= 11 is 0. The highest BCUT2D eigenvalue weighted by atomic mass is 32.2.